The van der Waals surface area contributed by atoms with E-state index in [0.29, 0.717) is 30.9 Å². The molecule has 6 rings (SSSR count). The summed E-state index contributed by atoms with van der Waals surface area (Å²) >= 11 is 1.44. The SMILES string of the molecule is Oc1c(F)cc(-c2ccc3c(c2)Sc2cc(-c4cc(F)c(O)c(F)c4)ccc2N3CCN2CCOCC2)cc1F. The summed E-state index contributed by atoms with van der Waals surface area (Å²) in [6, 6.07) is 15.4. The summed E-state index contributed by atoms with van der Waals surface area (Å²) in [4.78, 5) is 6.15. The molecule has 1 fully saturated rings. The Balaban J connectivity index is 1.40. The van der Waals surface area contributed by atoms with E-state index in [2.05, 4.69) is 9.80 Å². The molecule has 0 amide bonds. The first-order valence-corrected chi connectivity index (χ1v) is 13.5. The van der Waals surface area contributed by atoms with Crippen LogP contribution in [0.3, 0.4) is 0 Å². The topological polar surface area (TPSA) is 56.2 Å². The molecule has 1 saturated heterocycles. The van der Waals surface area contributed by atoms with Crippen LogP contribution in [-0.2, 0) is 4.74 Å². The standard InChI is InChI=1S/C30H24F4N2O3S/c31-21-11-19(12-22(32)29(21)37)17-1-3-25-27(15-17)40-28-16-18(20-13-23(33)30(38)24(34)14-20)2-4-26(28)36(25)6-5-35-7-9-39-10-8-35/h1-4,11-16,37-38H,5-10H2. The van der Waals surface area contributed by atoms with Crippen molar-refractivity contribution in [2.75, 3.05) is 44.3 Å². The molecule has 5 nitrogen and oxygen atoms in total. The molecule has 0 aromatic heterocycles. The number of nitrogens with zero attached hydrogens (tertiary/aromatic N) is 2. The Bertz CT molecular complexity index is 1460. The molecule has 10 heteroatoms. The lowest BCUT2D eigenvalue weighted by molar-refractivity contribution is 0.0394. The first kappa shape index (κ1) is 26.5. The van der Waals surface area contributed by atoms with Crippen LogP contribution in [-0.4, -0.2) is 54.5 Å². The lowest BCUT2D eigenvalue weighted by atomic mass is 10.0. The summed E-state index contributed by atoms with van der Waals surface area (Å²) in [5.41, 5.74) is 3.54. The normalized spacial score (nSPS) is 15.2. The number of phenols is 2. The number of ether oxygens (including phenoxy) is 1. The zero-order valence-electron chi connectivity index (χ0n) is 21.1. The first-order valence-electron chi connectivity index (χ1n) is 12.7. The van der Waals surface area contributed by atoms with E-state index in [1.807, 2.05) is 24.3 Å². The van der Waals surface area contributed by atoms with Crippen molar-refractivity contribution in [1.82, 2.24) is 4.90 Å². The van der Waals surface area contributed by atoms with E-state index in [9.17, 15) is 27.8 Å². The van der Waals surface area contributed by atoms with Gasteiger partial charge < -0.3 is 19.8 Å². The smallest absolute Gasteiger partial charge is 0.187 e. The van der Waals surface area contributed by atoms with Crippen molar-refractivity contribution in [3.63, 3.8) is 0 Å². The van der Waals surface area contributed by atoms with E-state index in [-0.39, 0.29) is 11.1 Å². The average molecular weight is 569 g/mol. The van der Waals surface area contributed by atoms with Gasteiger partial charge in [0.05, 0.1) is 24.6 Å². The van der Waals surface area contributed by atoms with Crippen molar-refractivity contribution in [3.05, 3.63) is 83.9 Å². The number of hydrogen-bond acceptors (Lipinski definition) is 6. The Labute approximate surface area is 232 Å². The monoisotopic (exact) mass is 568 g/mol. The van der Waals surface area contributed by atoms with Crippen molar-refractivity contribution in [3.8, 4) is 33.8 Å². The van der Waals surface area contributed by atoms with E-state index < -0.39 is 34.8 Å². The first-order chi connectivity index (χ1) is 19.3. The number of halogens is 4. The van der Waals surface area contributed by atoms with Gasteiger partial charge in [-0.25, -0.2) is 17.6 Å². The second kappa shape index (κ2) is 10.7. The molecule has 0 saturated carbocycles. The fourth-order valence-electron chi connectivity index (χ4n) is 5.02. The van der Waals surface area contributed by atoms with Gasteiger partial charge >= 0.3 is 0 Å². The summed E-state index contributed by atoms with van der Waals surface area (Å²) in [5, 5.41) is 19.0. The number of fused-ring (bicyclic) bond motifs is 2. The third kappa shape index (κ3) is 4.98. The Kier molecular flexibility index (Phi) is 7.07. The highest BCUT2D eigenvalue weighted by Crippen LogP contribution is 2.50. The highest BCUT2D eigenvalue weighted by atomic mass is 32.2. The number of morpholine rings is 1. The summed E-state index contributed by atoms with van der Waals surface area (Å²) in [5.74, 6) is -6.22. The molecule has 0 radical (unpaired) electrons. The molecule has 2 aliphatic heterocycles. The fourth-order valence-corrected chi connectivity index (χ4v) is 6.19. The quantitative estimate of drug-likeness (QED) is 0.255. The average Bonchev–Trinajstić information content (AvgIpc) is 2.96. The molecule has 0 spiro atoms. The minimum atomic E-state index is -1.05. The number of rotatable bonds is 5. The number of aromatic hydroxyl groups is 2. The summed E-state index contributed by atoms with van der Waals surface area (Å²) in [7, 11) is 0. The summed E-state index contributed by atoms with van der Waals surface area (Å²) in [6.07, 6.45) is 0. The Morgan fingerprint density at radius 3 is 1.52 bits per heavy atom. The maximum Gasteiger partial charge on any atom is 0.187 e. The Hall–Kier alpha value is -3.73. The van der Waals surface area contributed by atoms with Gasteiger partial charge in [0.1, 0.15) is 0 Å². The molecular weight excluding hydrogens is 544 g/mol. The van der Waals surface area contributed by atoms with Gasteiger partial charge in [0.25, 0.3) is 0 Å². The van der Waals surface area contributed by atoms with E-state index in [0.717, 1.165) is 65.1 Å². The lowest BCUT2D eigenvalue weighted by Crippen LogP contribution is -2.41. The van der Waals surface area contributed by atoms with E-state index in [1.54, 1.807) is 12.1 Å². The molecule has 0 atom stereocenters. The molecule has 4 aromatic carbocycles. The molecule has 2 aliphatic rings. The molecule has 0 bridgehead atoms. The molecule has 0 aliphatic carbocycles. The predicted octanol–water partition coefficient (Wildman–Crippen LogP) is 6.92. The largest absolute Gasteiger partial charge is 0.503 e. The molecular formula is C30H24F4N2O3S. The minimum Gasteiger partial charge on any atom is -0.503 e. The van der Waals surface area contributed by atoms with Gasteiger partial charge in [-0.05, 0) is 70.8 Å². The number of benzene rings is 4. The third-order valence-corrected chi connectivity index (χ3v) is 8.26. The zero-order chi connectivity index (χ0) is 28.0. The van der Waals surface area contributed by atoms with Crippen LogP contribution in [0.2, 0.25) is 0 Å². The van der Waals surface area contributed by atoms with E-state index in [1.165, 1.54) is 11.8 Å². The third-order valence-electron chi connectivity index (χ3n) is 7.17. The molecule has 40 heavy (non-hydrogen) atoms. The van der Waals surface area contributed by atoms with Gasteiger partial charge in [-0.15, -0.1) is 0 Å². The van der Waals surface area contributed by atoms with Crippen LogP contribution in [0.25, 0.3) is 22.3 Å². The summed E-state index contributed by atoms with van der Waals surface area (Å²) in [6.45, 7) is 4.44. The second-order valence-electron chi connectivity index (χ2n) is 9.65. The van der Waals surface area contributed by atoms with Crippen LogP contribution in [0.1, 0.15) is 0 Å². The van der Waals surface area contributed by atoms with Gasteiger partial charge in [0.2, 0.25) is 0 Å². The van der Waals surface area contributed by atoms with Gasteiger partial charge in [-0.3, -0.25) is 4.90 Å². The van der Waals surface area contributed by atoms with Crippen molar-refractivity contribution in [2.24, 2.45) is 0 Å². The molecule has 4 aromatic rings. The Morgan fingerprint density at radius 1 is 0.625 bits per heavy atom. The molecule has 2 heterocycles. The van der Waals surface area contributed by atoms with Crippen LogP contribution in [0.5, 0.6) is 11.5 Å². The van der Waals surface area contributed by atoms with Gasteiger partial charge in [0.15, 0.2) is 34.8 Å². The van der Waals surface area contributed by atoms with Crippen LogP contribution in [0, 0.1) is 23.3 Å². The fraction of sp³-hybridized carbons (Fsp3) is 0.200. The predicted molar refractivity (Wildman–Crippen MR) is 145 cm³/mol. The molecule has 2 N–H and O–H groups in total. The minimum absolute atomic E-state index is 0.283. The van der Waals surface area contributed by atoms with E-state index >= 15 is 0 Å². The van der Waals surface area contributed by atoms with Crippen LogP contribution in [0.4, 0.5) is 28.9 Å². The van der Waals surface area contributed by atoms with Crippen molar-refractivity contribution in [2.45, 2.75) is 9.79 Å². The molecule has 206 valence electrons. The van der Waals surface area contributed by atoms with Crippen LogP contribution < -0.4 is 4.90 Å². The Morgan fingerprint density at radius 2 is 1.07 bits per heavy atom. The van der Waals surface area contributed by atoms with Crippen LogP contribution >= 0.6 is 11.8 Å². The number of phenolic OH excluding ortho intramolecular Hbond substituents is 2. The highest BCUT2D eigenvalue weighted by Gasteiger charge is 2.26. The summed E-state index contributed by atoms with van der Waals surface area (Å²) < 4.78 is 61.9. The number of hydrogen-bond donors (Lipinski definition) is 2. The lowest BCUT2D eigenvalue weighted by Gasteiger charge is -2.36. The van der Waals surface area contributed by atoms with Crippen molar-refractivity contribution in [1.29, 1.82) is 0 Å². The van der Waals surface area contributed by atoms with Gasteiger partial charge in [-0.2, -0.15) is 0 Å². The van der Waals surface area contributed by atoms with Crippen LogP contribution in [0.15, 0.2) is 70.5 Å². The number of anilines is 2. The zero-order valence-corrected chi connectivity index (χ0v) is 21.9. The van der Waals surface area contributed by atoms with E-state index in [4.69, 9.17) is 4.74 Å². The van der Waals surface area contributed by atoms with Gasteiger partial charge in [-0.1, -0.05) is 23.9 Å². The van der Waals surface area contributed by atoms with Gasteiger partial charge in [0, 0.05) is 36.0 Å². The second-order valence-corrected chi connectivity index (χ2v) is 10.7. The highest BCUT2D eigenvalue weighted by molar-refractivity contribution is 7.99. The van der Waals surface area contributed by atoms with Crippen molar-refractivity contribution >= 4 is 23.1 Å². The molecule has 0 unspecified atom stereocenters. The van der Waals surface area contributed by atoms with Crippen molar-refractivity contribution < 1.29 is 32.5 Å². The maximum atomic E-state index is 14.1. The maximum absolute atomic E-state index is 14.1.